The molecule has 0 bridgehead atoms. The van der Waals surface area contributed by atoms with Gasteiger partial charge in [-0.2, -0.15) is 0 Å². The Morgan fingerprint density at radius 1 is 0.929 bits per heavy atom. The molecule has 0 spiro atoms. The van der Waals surface area contributed by atoms with Crippen molar-refractivity contribution in [3.05, 3.63) is 65.7 Å². The topological polar surface area (TPSA) is 112 Å². The molecule has 1 fully saturated rings. The van der Waals surface area contributed by atoms with Crippen molar-refractivity contribution in [2.24, 2.45) is 0 Å². The molecular weight excluding hydrogens is 538 g/mol. The smallest absolute Gasteiger partial charge is 0.255 e. The van der Waals surface area contributed by atoms with E-state index in [0.717, 1.165) is 12.1 Å². The van der Waals surface area contributed by atoms with E-state index in [1.54, 1.807) is 41.2 Å². The molecule has 226 valence electrons. The monoisotopic (exact) mass is 579 g/mol. The number of carbonyl (C=O) groups excluding carboxylic acids is 4. The summed E-state index contributed by atoms with van der Waals surface area (Å²) in [6.45, 7) is 6.50. The van der Waals surface area contributed by atoms with Gasteiger partial charge in [0.1, 0.15) is 24.9 Å². The number of para-hydroxylation sites is 1. The van der Waals surface area contributed by atoms with Crippen molar-refractivity contribution in [2.75, 3.05) is 72.7 Å². The van der Waals surface area contributed by atoms with E-state index < -0.39 is 11.9 Å². The van der Waals surface area contributed by atoms with Crippen LogP contribution < -0.4 is 10.1 Å². The maximum atomic E-state index is 13.8. The Hall–Kier alpha value is -3.96. The zero-order valence-corrected chi connectivity index (χ0v) is 24.5. The number of hydrogen-bond acceptors (Lipinski definition) is 7. The third-order valence-corrected chi connectivity index (χ3v) is 7.66. The average molecular weight is 580 g/mol. The Balaban J connectivity index is 1.62. The molecule has 2 aromatic rings. The fourth-order valence-corrected chi connectivity index (χ4v) is 5.18. The molecule has 0 saturated carbocycles. The van der Waals surface area contributed by atoms with E-state index in [1.807, 2.05) is 37.3 Å². The SMILES string of the molecule is CCN1CCOc2ccccc2C(=O)N[C@H](C(=O)N2CCN(CCOC)CC2)CC(=O)N(Cc2ccccc2)CC1=O. The van der Waals surface area contributed by atoms with Gasteiger partial charge in [-0.1, -0.05) is 42.5 Å². The molecule has 2 aliphatic heterocycles. The van der Waals surface area contributed by atoms with Crippen LogP contribution >= 0.6 is 0 Å². The lowest BCUT2D eigenvalue weighted by Gasteiger charge is -2.36. The number of benzene rings is 2. The highest BCUT2D eigenvalue weighted by atomic mass is 16.5. The van der Waals surface area contributed by atoms with Gasteiger partial charge in [0.05, 0.1) is 25.1 Å². The second-order valence-electron chi connectivity index (χ2n) is 10.4. The molecule has 0 aliphatic carbocycles. The minimum atomic E-state index is -1.11. The zero-order chi connectivity index (χ0) is 29.9. The second-order valence-corrected chi connectivity index (χ2v) is 10.4. The summed E-state index contributed by atoms with van der Waals surface area (Å²) in [6, 6.07) is 15.1. The van der Waals surface area contributed by atoms with Gasteiger partial charge in [0, 0.05) is 52.9 Å². The van der Waals surface area contributed by atoms with Crippen LogP contribution in [0.5, 0.6) is 5.75 Å². The van der Waals surface area contributed by atoms with Crippen LogP contribution in [0.1, 0.15) is 29.3 Å². The van der Waals surface area contributed by atoms with Crippen LogP contribution in [0.15, 0.2) is 54.6 Å². The number of methoxy groups -OCH3 is 1. The van der Waals surface area contributed by atoms with Crippen LogP contribution in [0.4, 0.5) is 0 Å². The Morgan fingerprint density at radius 2 is 1.64 bits per heavy atom. The number of rotatable bonds is 7. The van der Waals surface area contributed by atoms with Crippen molar-refractivity contribution < 1.29 is 28.7 Å². The number of ether oxygens (including phenoxy) is 2. The highest BCUT2D eigenvalue weighted by Crippen LogP contribution is 2.20. The molecule has 2 aliphatic rings. The van der Waals surface area contributed by atoms with Gasteiger partial charge in [-0.3, -0.25) is 24.1 Å². The summed E-state index contributed by atoms with van der Waals surface area (Å²) in [6.07, 6.45) is -0.274. The van der Waals surface area contributed by atoms with Crippen molar-refractivity contribution >= 4 is 23.6 Å². The van der Waals surface area contributed by atoms with E-state index in [9.17, 15) is 19.2 Å². The molecule has 1 N–H and O–H groups in total. The first-order valence-corrected chi connectivity index (χ1v) is 14.5. The second kappa shape index (κ2) is 15.3. The summed E-state index contributed by atoms with van der Waals surface area (Å²) >= 11 is 0. The molecule has 0 unspecified atom stereocenters. The van der Waals surface area contributed by atoms with E-state index in [1.165, 1.54) is 4.90 Å². The molecular formula is C31H41N5O6. The lowest BCUT2D eigenvalue weighted by Crippen LogP contribution is -2.56. The number of hydrogen-bond donors (Lipinski definition) is 1. The van der Waals surface area contributed by atoms with Crippen molar-refractivity contribution in [3.63, 3.8) is 0 Å². The highest BCUT2D eigenvalue weighted by Gasteiger charge is 2.33. The van der Waals surface area contributed by atoms with Crippen molar-refractivity contribution in [1.82, 2.24) is 24.9 Å². The summed E-state index contributed by atoms with van der Waals surface area (Å²) in [4.78, 5) is 61.5. The van der Waals surface area contributed by atoms with Crippen molar-refractivity contribution in [1.29, 1.82) is 0 Å². The average Bonchev–Trinajstić information content (AvgIpc) is 3.01. The maximum absolute atomic E-state index is 13.8. The van der Waals surface area contributed by atoms with Crippen LogP contribution in [0, 0.1) is 0 Å². The first-order chi connectivity index (χ1) is 20.4. The first kappa shape index (κ1) is 31.0. The van der Waals surface area contributed by atoms with Gasteiger partial charge < -0.3 is 29.5 Å². The number of amides is 4. The number of carbonyl (C=O) groups is 4. The van der Waals surface area contributed by atoms with E-state index >= 15 is 0 Å². The van der Waals surface area contributed by atoms with Gasteiger partial charge in [-0.15, -0.1) is 0 Å². The lowest BCUT2D eigenvalue weighted by molar-refractivity contribution is -0.143. The molecule has 1 atom stereocenters. The molecule has 4 rings (SSSR count). The molecule has 4 amide bonds. The van der Waals surface area contributed by atoms with Crippen LogP contribution in [0.2, 0.25) is 0 Å². The fourth-order valence-electron chi connectivity index (χ4n) is 5.18. The summed E-state index contributed by atoms with van der Waals surface area (Å²) < 4.78 is 11.1. The Morgan fingerprint density at radius 3 is 2.36 bits per heavy atom. The summed E-state index contributed by atoms with van der Waals surface area (Å²) in [5.74, 6) is -1.07. The van der Waals surface area contributed by atoms with Crippen LogP contribution in [0.3, 0.4) is 0 Å². The molecule has 11 nitrogen and oxygen atoms in total. The summed E-state index contributed by atoms with van der Waals surface area (Å²) in [5, 5.41) is 2.83. The van der Waals surface area contributed by atoms with Gasteiger partial charge in [0.15, 0.2) is 0 Å². The highest BCUT2D eigenvalue weighted by molar-refractivity contribution is 6.01. The van der Waals surface area contributed by atoms with E-state index in [2.05, 4.69) is 10.2 Å². The Kier molecular flexibility index (Phi) is 11.3. The molecule has 2 aromatic carbocycles. The molecule has 11 heteroatoms. The lowest BCUT2D eigenvalue weighted by atomic mass is 10.1. The van der Waals surface area contributed by atoms with E-state index in [4.69, 9.17) is 9.47 Å². The molecule has 42 heavy (non-hydrogen) atoms. The van der Waals surface area contributed by atoms with Gasteiger partial charge >= 0.3 is 0 Å². The number of nitrogens with one attached hydrogen (secondary N) is 1. The van der Waals surface area contributed by atoms with Crippen LogP contribution in [-0.4, -0.2) is 122 Å². The predicted molar refractivity (Wildman–Crippen MR) is 157 cm³/mol. The fraction of sp³-hybridized carbons (Fsp3) is 0.484. The predicted octanol–water partition coefficient (Wildman–Crippen LogP) is 1.24. The minimum absolute atomic E-state index is 0.148. The zero-order valence-electron chi connectivity index (χ0n) is 24.5. The van der Waals surface area contributed by atoms with Gasteiger partial charge in [0.2, 0.25) is 17.7 Å². The standard InChI is InChI=1S/C31H41N5O6/c1-3-34-18-20-42-27-12-8-7-11-25(27)30(39)32-26(31(40)35-15-13-33(14-16-35)17-19-41-2)21-28(37)36(23-29(34)38)22-24-9-5-4-6-10-24/h4-12,26H,3,13-23H2,1-2H3,(H,32,39)/t26-/m0/s1. The maximum Gasteiger partial charge on any atom is 0.255 e. The number of nitrogens with zero attached hydrogens (tertiary/aromatic N) is 4. The van der Waals surface area contributed by atoms with E-state index in [0.29, 0.717) is 51.6 Å². The third-order valence-electron chi connectivity index (χ3n) is 7.66. The molecule has 0 aromatic heterocycles. The van der Waals surface area contributed by atoms with E-state index in [-0.39, 0.29) is 49.4 Å². The first-order valence-electron chi connectivity index (χ1n) is 14.5. The normalized spacial score (nSPS) is 19.5. The molecule has 0 radical (unpaired) electrons. The van der Waals surface area contributed by atoms with Crippen LogP contribution in [-0.2, 0) is 25.7 Å². The number of likely N-dealkylation sites (N-methyl/N-ethyl adjacent to an activating group) is 1. The summed E-state index contributed by atoms with van der Waals surface area (Å²) in [5.41, 5.74) is 1.12. The Bertz CT molecular complexity index is 1220. The molecule has 1 saturated heterocycles. The van der Waals surface area contributed by atoms with Gasteiger partial charge in [-0.05, 0) is 24.6 Å². The van der Waals surface area contributed by atoms with Crippen molar-refractivity contribution in [2.45, 2.75) is 25.9 Å². The van der Waals surface area contributed by atoms with Crippen molar-refractivity contribution in [3.8, 4) is 5.75 Å². The summed E-state index contributed by atoms with van der Waals surface area (Å²) in [7, 11) is 1.66. The minimum Gasteiger partial charge on any atom is -0.491 e. The van der Waals surface area contributed by atoms with Crippen LogP contribution in [0.25, 0.3) is 0 Å². The third kappa shape index (κ3) is 8.29. The number of fused-ring (bicyclic) bond motifs is 1. The van der Waals surface area contributed by atoms with Gasteiger partial charge in [0.25, 0.3) is 5.91 Å². The molecule has 2 heterocycles. The Labute approximate surface area is 247 Å². The number of piperazine rings is 1. The quantitative estimate of drug-likeness (QED) is 0.525. The largest absolute Gasteiger partial charge is 0.491 e. The van der Waals surface area contributed by atoms with Gasteiger partial charge in [-0.25, -0.2) is 0 Å².